The van der Waals surface area contributed by atoms with Gasteiger partial charge in [0, 0.05) is 37.7 Å². The summed E-state index contributed by atoms with van der Waals surface area (Å²) in [5.41, 5.74) is 2.70. The fourth-order valence-electron chi connectivity index (χ4n) is 4.59. The van der Waals surface area contributed by atoms with Crippen LogP contribution in [0.25, 0.3) is 5.65 Å². The maximum absolute atomic E-state index is 4.79. The van der Waals surface area contributed by atoms with Gasteiger partial charge >= 0.3 is 0 Å². The van der Waals surface area contributed by atoms with Crippen LogP contribution in [0.1, 0.15) is 24.2 Å². The smallest absolute Gasteiger partial charge is 0.165 e. The molecule has 2 saturated heterocycles. The summed E-state index contributed by atoms with van der Waals surface area (Å²) in [7, 11) is 0. The molecule has 1 spiro atoms. The highest BCUT2D eigenvalue weighted by Crippen LogP contribution is 2.41. The first kappa shape index (κ1) is 15.8. The van der Waals surface area contributed by atoms with Crippen molar-refractivity contribution in [2.24, 2.45) is 5.41 Å². The first-order valence-corrected chi connectivity index (χ1v) is 9.39. The van der Waals surface area contributed by atoms with Crippen LogP contribution in [0.4, 0.5) is 5.82 Å². The monoisotopic (exact) mass is 348 g/mol. The van der Waals surface area contributed by atoms with Gasteiger partial charge < -0.3 is 4.90 Å². The summed E-state index contributed by atoms with van der Waals surface area (Å²) in [5, 5.41) is 8.20. The van der Waals surface area contributed by atoms with E-state index in [9.17, 15) is 0 Å². The molecule has 4 heterocycles. The van der Waals surface area contributed by atoms with Crippen molar-refractivity contribution < 1.29 is 0 Å². The summed E-state index contributed by atoms with van der Waals surface area (Å²) in [6.45, 7) is 7.63. The first-order chi connectivity index (χ1) is 12.7. The van der Waals surface area contributed by atoms with E-state index >= 15 is 0 Å². The van der Waals surface area contributed by atoms with E-state index in [-0.39, 0.29) is 0 Å². The van der Waals surface area contributed by atoms with Crippen LogP contribution in [0.5, 0.6) is 0 Å². The van der Waals surface area contributed by atoms with Crippen LogP contribution in [-0.2, 0) is 6.54 Å². The van der Waals surface area contributed by atoms with Crippen molar-refractivity contribution in [1.29, 1.82) is 0 Å². The summed E-state index contributed by atoms with van der Waals surface area (Å²) in [6.07, 6.45) is 4.25. The summed E-state index contributed by atoms with van der Waals surface area (Å²) >= 11 is 0. The van der Waals surface area contributed by atoms with E-state index in [1.54, 1.807) is 6.33 Å². The lowest BCUT2D eigenvalue weighted by Gasteiger charge is -2.25. The van der Waals surface area contributed by atoms with E-state index in [0.717, 1.165) is 36.9 Å². The van der Waals surface area contributed by atoms with Crippen molar-refractivity contribution >= 4 is 11.5 Å². The first-order valence-electron chi connectivity index (χ1n) is 9.39. The highest BCUT2D eigenvalue weighted by molar-refractivity contribution is 5.52. The molecule has 26 heavy (non-hydrogen) atoms. The van der Waals surface area contributed by atoms with Crippen LogP contribution in [0.3, 0.4) is 0 Å². The number of fused-ring (bicyclic) bond motifs is 1. The Morgan fingerprint density at radius 3 is 2.81 bits per heavy atom. The molecule has 0 aliphatic carbocycles. The fourth-order valence-corrected chi connectivity index (χ4v) is 4.59. The number of hydrogen-bond donors (Lipinski definition) is 0. The molecule has 1 aromatic carbocycles. The molecule has 0 amide bonds. The van der Waals surface area contributed by atoms with Gasteiger partial charge in [0.15, 0.2) is 5.65 Å². The fraction of sp³-hybridized carbons (Fsp3) is 0.450. The molecule has 2 fully saturated rings. The molecule has 0 bridgehead atoms. The molecule has 1 unspecified atom stereocenters. The van der Waals surface area contributed by atoms with Gasteiger partial charge in [0.05, 0.1) is 0 Å². The third-order valence-corrected chi connectivity index (χ3v) is 5.99. The Labute approximate surface area is 153 Å². The second kappa shape index (κ2) is 6.06. The Morgan fingerprint density at radius 2 is 1.92 bits per heavy atom. The van der Waals surface area contributed by atoms with Crippen LogP contribution >= 0.6 is 0 Å². The third-order valence-electron chi connectivity index (χ3n) is 5.99. The highest BCUT2D eigenvalue weighted by atomic mass is 15.3. The third kappa shape index (κ3) is 2.74. The molecule has 1 atom stereocenters. The van der Waals surface area contributed by atoms with Crippen molar-refractivity contribution in [3.05, 3.63) is 54.1 Å². The Balaban J connectivity index is 1.30. The molecular formula is C20H24N6. The predicted octanol–water partition coefficient (Wildman–Crippen LogP) is 2.54. The number of benzene rings is 1. The molecule has 3 aromatic rings. The minimum atomic E-state index is 0.407. The second-order valence-electron chi connectivity index (χ2n) is 7.84. The van der Waals surface area contributed by atoms with Crippen LogP contribution in [0.2, 0.25) is 0 Å². The van der Waals surface area contributed by atoms with Gasteiger partial charge in [-0.25, -0.2) is 4.98 Å². The van der Waals surface area contributed by atoms with Crippen molar-refractivity contribution in [2.75, 3.05) is 31.1 Å². The van der Waals surface area contributed by atoms with Crippen LogP contribution in [-0.4, -0.2) is 50.7 Å². The molecule has 0 saturated carbocycles. The molecule has 5 rings (SSSR count). The molecule has 6 nitrogen and oxygen atoms in total. The average Bonchev–Trinajstić information content (AvgIpc) is 3.37. The predicted molar refractivity (Wildman–Crippen MR) is 101 cm³/mol. The van der Waals surface area contributed by atoms with E-state index in [0.29, 0.717) is 5.41 Å². The highest BCUT2D eigenvalue weighted by Gasteiger charge is 2.43. The lowest BCUT2D eigenvalue weighted by molar-refractivity contribution is 0.270. The van der Waals surface area contributed by atoms with E-state index in [1.807, 2.05) is 11.3 Å². The number of hydrogen-bond acceptors (Lipinski definition) is 5. The van der Waals surface area contributed by atoms with Gasteiger partial charge in [-0.2, -0.15) is 0 Å². The lowest BCUT2D eigenvalue weighted by Crippen LogP contribution is -2.31. The Bertz CT molecular complexity index is 920. The molecule has 2 aromatic heterocycles. The van der Waals surface area contributed by atoms with Gasteiger partial charge in [0.1, 0.15) is 18.0 Å². The van der Waals surface area contributed by atoms with E-state index in [4.69, 9.17) is 4.98 Å². The van der Waals surface area contributed by atoms with Crippen LogP contribution in [0, 0.1) is 12.3 Å². The van der Waals surface area contributed by atoms with Gasteiger partial charge in [-0.3, -0.25) is 9.30 Å². The summed E-state index contributed by atoms with van der Waals surface area (Å²) in [4.78, 5) is 9.84. The van der Waals surface area contributed by atoms with Crippen molar-refractivity contribution in [3.63, 3.8) is 0 Å². The summed E-state index contributed by atoms with van der Waals surface area (Å²) in [5.74, 6) is 1.99. The zero-order valence-electron chi connectivity index (χ0n) is 15.2. The minimum Gasteiger partial charge on any atom is -0.356 e. The molecule has 6 heteroatoms. The Kier molecular flexibility index (Phi) is 3.67. The Hall–Kier alpha value is -2.47. The summed E-state index contributed by atoms with van der Waals surface area (Å²) in [6, 6.07) is 12.9. The minimum absolute atomic E-state index is 0.407. The van der Waals surface area contributed by atoms with Gasteiger partial charge in [-0.15, -0.1) is 10.2 Å². The maximum Gasteiger partial charge on any atom is 0.165 e. The zero-order valence-corrected chi connectivity index (χ0v) is 15.2. The standard InChI is InChI=1S/C20H24N6/c1-16-22-18(11-19-23-21-15-26(16)19)25-10-8-20(14-25)7-9-24(13-20)12-17-5-3-2-4-6-17/h2-6,11,15H,7-10,12-14H2,1H3. The molecular weight excluding hydrogens is 324 g/mol. The van der Waals surface area contributed by atoms with Gasteiger partial charge in [0.25, 0.3) is 0 Å². The number of rotatable bonds is 3. The second-order valence-corrected chi connectivity index (χ2v) is 7.84. The largest absolute Gasteiger partial charge is 0.356 e. The molecule has 134 valence electrons. The van der Waals surface area contributed by atoms with Crippen LogP contribution in [0.15, 0.2) is 42.7 Å². The van der Waals surface area contributed by atoms with E-state index in [2.05, 4.69) is 56.4 Å². The van der Waals surface area contributed by atoms with E-state index < -0.39 is 0 Å². The molecule has 0 radical (unpaired) electrons. The normalized spacial score (nSPS) is 23.5. The quantitative estimate of drug-likeness (QED) is 0.728. The molecule has 2 aliphatic heterocycles. The zero-order chi connectivity index (χ0) is 17.6. The number of aromatic nitrogens is 4. The van der Waals surface area contributed by atoms with Crippen molar-refractivity contribution in [3.8, 4) is 0 Å². The van der Waals surface area contributed by atoms with Gasteiger partial charge in [-0.1, -0.05) is 30.3 Å². The van der Waals surface area contributed by atoms with Gasteiger partial charge in [0.2, 0.25) is 0 Å². The Morgan fingerprint density at radius 1 is 1.08 bits per heavy atom. The molecule has 0 N–H and O–H groups in total. The van der Waals surface area contributed by atoms with Crippen molar-refractivity contribution in [1.82, 2.24) is 24.5 Å². The van der Waals surface area contributed by atoms with E-state index in [1.165, 1.54) is 31.5 Å². The molecule has 2 aliphatic rings. The summed E-state index contributed by atoms with van der Waals surface area (Å²) < 4.78 is 1.94. The maximum atomic E-state index is 4.79. The lowest BCUT2D eigenvalue weighted by atomic mass is 9.86. The topological polar surface area (TPSA) is 49.6 Å². The number of nitrogens with zero attached hydrogens (tertiary/aromatic N) is 6. The van der Waals surface area contributed by atoms with Crippen molar-refractivity contribution in [2.45, 2.75) is 26.3 Å². The number of likely N-dealkylation sites (tertiary alicyclic amines) is 1. The van der Waals surface area contributed by atoms with Crippen LogP contribution < -0.4 is 4.90 Å². The number of aryl methyl sites for hydroxylation is 1. The average molecular weight is 348 g/mol. The number of anilines is 1. The SMILES string of the molecule is Cc1nc(N2CCC3(CCN(Cc4ccccc4)C3)C2)cc2nncn12. The van der Waals surface area contributed by atoms with Gasteiger partial charge in [-0.05, 0) is 31.9 Å².